The van der Waals surface area contributed by atoms with Crippen molar-refractivity contribution in [1.82, 2.24) is 5.16 Å². The van der Waals surface area contributed by atoms with E-state index in [0.29, 0.717) is 34.0 Å². The lowest BCUT2D eigenvalue weighted by Crippen LogP contribution is -2.29. The van der Waals surface area contributed by atoms with E-state index in [-0.39, 0.29) is 11.2 Å². The molecule has 0 unspecified atom stereocenters. The summed E-state index contributed by atoms with van der Waals surface area (Å²) in [6.45, 7) is 6.01. The number of hydrogen-bond acceptors (Lipinski definition) is 5. The molecule has 3 aromatic carbocycles. The number of amides is 1. The van der Waals surface area contributed by atoms with Gasteiger partial charge in [-0.1, -0.05) is 73.6 Å². The first-order valence-electron chi connectivity index (χ1n) is 11.3. The number of carbonyl (C=O) groups is 1. The van der Waals surface area contributed by atoms with E-state index in [1.165, 1.54) is 10.5 Å². The summed E-state index contributed by atoms with van der Waals surface area (Å²) < 4.78 is 11.5. The number of benzene rings is 3. The summed E-state index contributed by atoms with van der Waals surface area (Å²) in [5.74, 6) is 0.923. The van der Waals surface area contributed by atoms with Crippen LogP contribution in [0.3, 0.4) is 0 Å². The molecule has 0 aliphatic carbocycles. The first-order valence-corrected chi connectivity index (χ1v) is 11.3. The van der Waals surface area contributed by atoms with Crippen LogP contribution in [0.4, 0.5) is 5.82 Å². The summed E-state index contributed by atoms with van der Waals surface area (Å²) in [5, 5.41) is 6.27. The molecule has 0 fully saturated rings. The monoisotopic (exact) mass is 450 g/mol. The molecule has 0 bridgehead atoms. The van der Waals surface area contributed by atoms with Crippen LogP contribution in [0, 0.1) is 6.92 Å². The summed E-state index contributed by atoms with van der Waals surface area (Å²) in [6, 6.07) is 20.4. The first kappa shape index (κ1) is 20.4. The minimum atomic E-state index is -0.666. The van der Waals surface area contributed by atoms with Crippen molar-refractivity contribution in [2.75, 3.05) is 4.90 Å². The fraction of sp³-hybridized carbons (Fsp3) is 0.179. The Morgan fingerprint density at radius 1 is 0.941 bits per heavy atom. The highest BCUT2D eigenvalue weighted by Crippen LogP contribution is 2.41. The van der Waals surface area contributed by atoms with Gasteiger partial charge in [-0.2, -0.15) is 0 Å². The van der Waals surface area contributed by atoms with Crippen LogP contribution in [0.15, 0.2) is 80.5 Å². The molecule has 1 aliphatic heterocycles. The molecule has 6 rings (SSSR count). The van der Waals surface area contributed by atoms with E-state index in [1.807, 2.05) is 54.6 Å². The molecule has 5 aromatic rings. The van der Waals surface area contributed by atoms with Gasteiger partial charge in [0.05, 0.1) is 17.0 Å². The van der Waals surface area contributed by atoms with Gasteiger partial charge in [-0.25, -0.2) is 0 Å². The van der Waals surface area contributed by atoms with Crippen LogP contribution in [0.2, 0.25) is 0 Å². The Balaban J connectivity index is 1.65. The van der Waals surface area contributed by atoms with Crippen molar-refractivity contribution in [2.24, 2.45) is 0 Å². The van der Waals surface area contributed by atoms with Gasteiger partial charge in [0.15, 0.2) is 11.2 Å². The number of aryl methyl sites for hydroxylation is 1. The average Bonchev–Trinajstić information content (AvgIpc) is 3.40. The van der Waals surface area contributed by atoms with Crippen LogP contribution in [-0.4, -0.2) is 11.1 Å². The van der Waals surface area contributed by atoms with Crippen LogP contribution in [-0.2, 0) is 0 Å². The van der Waals surface area contributed by atoms with Crippen LogP contribution >= 0.6 is 0 Å². The van der Waals surface area contributed by atoms with Crippen molar-refractivity contribution in [2.45, 2.75) is 32.7 Å². The third kappa shape index (κ3) is 2.91. The maximum atomic E-state index is 13.9. The molecule has 168 valence electrons. The van der Waals surface area contributed by atoms with E-state index in [2.05, 4.69) is 19.0 Å². The SMILES string of the molecule is Cc1cc(N2C(=O)c3oc4c(ccc5ccccc54)c(=O)c3[C@@H]2c2ccc(C(C)C)cc2)no1. The Bertz CT molecular complexity index is 1640. The third-order valence-corrected chi connectivity index (χ3v) is 6.54. The number of fused-ring (bicyclic) bond motifs is 4. The predicted molar refractivity (Wildman–Crippen MR) is 130 cm³/mol. The highest BCUT2D eigenvalue weighted by atomic mass is 16.5. The summed E-state index contributed by atoms with van der Waals surface area (Å²) in [4.78, 5) is 29.1. The van der Waals surface area contributed by atoms with Gasteiger partial charge < -0.3 is 8.94 Å². The molecule has 1 amide bonds. The summed E-state index contributed by atoms with van der Waals surface area (Å²) in [5.41, 5.74) is 2.52. The van der Waals surface area contributed by atoms with Crippen molar-refractivity contribution in [3.63, 3.8) is 0 Å². The van der Waals surface area contributed by atoms with Gasteiger partial charge in [0, 0.05) is 11.5 Å². The van der Waals surface area contributed by atoms with E-state index in [0.717, 1.165) is 16.3 Å². The number of nitrogens with zero attached hydrogens (tertiary/aromatic N) is 2. The van der Waals surface area contributed by atoms with Crippen LogP contribution in [0.1, 0.15) is 58.8 Å². The minimum Gasteiger partial charge on any atom is -0.450 e. The Kier molecular flexibility index (Phi) is 4.45. The van der Waals surface area contributed by atoms with Gasteiger partial charge in [-0.15, -0.1) is 0 Å². The number of anilines is 1. The lowest BCUT2D eigenvalue weighted by molar-refractivity contribution is 0.0969. The molecular weight excluding hydrogens is 428 g/mol. The van der Waals surface area contributed by atoms with E-state index in [1.54, 1.807) is 19.1 Å². The molecule has 6 nitrogen and oxygen atoms in total. The fourth-order valence-corrected chi connectivity index (χ4v) is 4.78. The molecule has 0 spiro atoms. The van der Waals surface area contributed by atoms with Gasteiger partial charge in [0.25, 0.3) is 5.91 Å². The van der Waals surface area contributed by atoms with Gasteiger partial charge >= 0.3 is 0 Å². The molecule has 1 atom stereocenters. The van der Waals surface area contributed by atoms with Crippen molar-refractivity contribution in [3.8, 4) is 0 Å². The average molecular weight is 450 g/mol. The van der Waals surface area contributed by atoms with Gasteiger partial charge in [0.2, 0.25) is 5.76 Å². The van der Waals surface area contributed by atoms with Crippen molar-refractivity contribution < 1.29 is 13.7 Å². The van der Waals surface area contributed by atoms with E-state index < -0.39 is 11.9 Å². The highest BCUT2D eigenvalue weighted by molar-refractivity contribution is 6.12. The Labute approximate surface area is 195 Å². The van der Waals surface area contributed by atoms with E-state index in [4.69, 9.17) is 8.94 Å². The van der Waals surface area contributed by atoms with Gasteiger partial charge in [0.1, 0.15) is 11.3 Å². The van der Waals surface area contributed by atoms with Crippen molar-refractivity contribution in [1.29, 1.82) is 0 Å². The van der Waals surface area contributed by atoms with Crippen LogP contribution < -0.4 is 10.3 Å². The third-order valence-electron chi connectivity index (χ3n) is 6.54. The number of aromatic nitrogens is 1. The lowest BCUT2D eigenvalue weighted by atomic mass is 9.95. The second-order valence-electron chi connectivity index (χ2n) is 9.03. The predicted octanol–water partition coefficient (Wildman–Crippen LogP) is 6.12. The molecule has 6 heteroatoms. The summed E-state index contributed by atoms with van der Waals surface area (Å²) >= 11 is 0. The largest absolute Gasteiger partial charge is 0.450 e. The minimum absolute atomic E-state index is 0.0486. The number of hydrogen-bond donors (Lipinski definition) is 0. The second-order valence-corrected chi connectivity index (χ2v) is 9.03. The van der Waals surface area contributed by atoms with Crippen molar-refractivity contribution in [3.05, 3.63) is 105 Å². The zero-order valence-corrected chi connectivity index (χ0v) is 19.0. The molecular formula is C28H22N2O4. The molecule has 1 aliphatic rings. The standard InChI is InChI=1S/C28H22N2O4/c1-15(2)17-8-10-19(11-9-17)24-23-25(31)21-13-12-18-6-4-5-7-20(18)26(21)33-27(23)28(32)30(24)22-14-16(3)34-29-22/h4-15,24H,1-3H3/t24-/m0/s1. The van der Waals surface area contributed by atoms with Crippen LogP contribution in [0.5, 0.6) is 0 Å². The highest BCUT2D eigenvalue weighted by Gasteiger charge is 2.45. The topological polar surface area (TPSA) is 76.6 Å². The summed E-state index contributed by atoms with van der Waals surface area (Å²) in [7, 11) is 0. The maximum absolute atomic E-state index is 13.9. The zero-order valence-electron chi connectivity index (χ0n) is 19.0. The van der Waals surface area contributed by atoms with E-state index in [9.17, 15) is 9.59 Å². The van der Waals surface area contributed by atoms with E-state index >= 15 is 0 Å². The number of carbonyl (C=O) groups excluding carboxylic acids is 1. The Morgan fingerprint density at radius 3 is 2.41 bits per heavy atom. The zero-order chi connectivity index (χ0) is 23.6. The van der Waals surface area contributed by atoms with Gasteiger partial charge in [-0.3, -0.25) is 14.5 Å². The molecule has 34 heavy (non-hydrogen) atoms. The summed E-state index contributed by atoms with van der Waals surface area (Å²) in [6.07, 6.45) is 0. The number of rotatable bonds is 3. The molecule has 0 saturated carbocycles. The molecule has 0 saturated heterocycles. The first-order chi connectivity index (χ1) is 16.4. The quantitative estimate of drug-likeness (QED) is 0.310. The molecule has 2 aromatic heterocycles. The smallest absolute Gasteiger partial charge is 0.296 e. The second kappa shape index (κ2) is 7.42. The maximum Gasteiger partial charge on any atom is 0.296 e. The fourth-order valence-electron chi connectivity index (χ4n) is 4.78. The molecule has 0 N–H and O–H groups in total. The van der Waals surface area contributed by atoms with Gasteiger partial charge in [-0.05, 0) is 35.4 Å². The van der Waals surface area contributed by atoms with Crippen molar-refractivity contribution >= 4 is 33.5 Å². The Hall–Kier alpha value is -4.19. The molecule has 0 radical (unpaired) electrons. The molecule has 3 heterocycles. The normalized spacial score (nSPS) is 15.6. The Morgan fingerprint density at radius 2 is 1.71 bits per heavy atom. The lowest BCUT2D eigenvalue weighted by Gasteiger charge is -2.22. The van der Waals surface area contributed by atoms with Crippen LogP contribution in [0.25, 0.3) is 21.7 Å².